The number of ether oxygens (including phenoxy) is 1. The van der Waals surface area contributed by atoms with Gasteiger partial charge in [0, 0.05) is 6.92 Å². The molecule has 256 valence electrons. The van der Waals surface area contributed by atoms with E-state index >= 15 is 0 Å². The Labute approximate surface area is 277 Å². The fourth-order valence-electron chi connectivity index (χ4n) is 4.42. The monoisotopic (exact) mass is 700 g/mol. The number of anilines is 1. The first-order valence-corrected chi connectivity index (χ1v) is 24.9. The number of imidazole rings is 1. The number of aromatic nitrogens is 3. The Morgan fingerprint density at radius 1 is 0.933 bits per heavy atom. The molecular formula is C31H57ClN4O6Si3. The number of H-pyrrole nitrogens is 1. The summed E-state index contributed by atoms with van der Waals surface area (Å²) in [6.45, 7) is 35.0. The zero-order chi connectivity index (χ0) is 34.7. The van der Waals surface area contributed by atoms with Gasteiger partial charge in [-0.15, -0.1) is 0 Å². The van der Waals surface area contributed by atoms with E-state index in [9.17, 15) is 9.59 Å². The number of hydrogen-bond donors (Lipinski definition) is 2. The maximum absolute atomic E-state index is 13.1. The molecule has 1 aliphatic heterocycles. The highest BCUT2D eigenvalue weighted by molar-refractivity contribution is 6.75. The number of fused-ring (bicyclic) bond motifs is 1. The minimum absolute atomic E-state index is 0.00699. The van der Waals surface area contributed by atoms with E-state index in [-0.39, 0.29) is 37.4 Å². The van der Waals surface area contributed by atoms with Gasteiger partial charge in [0.25, 0.3) is 5.56 Å². The number of pyridine rings is 1. The fourth-order valence-corrected chi connectivity index (χ4v) is 8.32. The molecule has 14 heteroatoms. The molecule has 10 nitrogen and oxygen atoms in total. The molecule has 2 N–H and O–H groups in total. The molecule has 1 fully saturated rings. The number of halogens is 1. The highest BCUT2D eigenvalue weighted by atomic mass is 35.5. The average molecular weight is 702 g/mol. The highest BCUT2D eigenvalue weighted by Gasteiger charge is 2.55. The third-order valence-corrected chi connectivity index (χ3v) is 24.2. The normalized spacial score (nSPS) is 22.3. The molecule has 0 bridgehead atoms. The summed E-state index contributed by atoms with van der Waals surface area (Å²) in [5, 5.41) is 2.64. The molecule has 1 amide bonds. The summed E-state index contributed by atoms with van der Waals surface area (Å²) in [6.07, 6.45) is -0.624. The van der Waals surface area contributed by atoms with E-state index in [2.05, 4.69) is 117 Å². The number of carbonyl (C=O) groups is 1. The molecule has 2 aromatic rings. The smallest absolute Gasteiger partial charge is 0.277 e. The van der Waals surface area contributed by atoms with Crippen LogP contribution in [-0.2, 0) is 22.8 Å². The summed E-state index contributed by atoms with van der Waals surface area (Å²) >= 11 is 6.87. The lowest BCUT2D eigenvalue weighted by molar-refractivity contribution is -0.114. The van der Waals surface area contributed by atoms with Crippen LogP contribution in [0.5, 0.6) is 0 Å². The van der Waals surface area contributed by atoms with Gasteiger partial charge in [-0.25, -0.2) is 4.98 Å². The molecule has 1 saturated heterocycles. The maximum atomic E-state index is 13.1. The Hall–Kier alpha value is -1.33. The molecule has 2 aromatic heterocycles. The summed E-state index contributed by atoms with van der Waals surface area (Å²) in [5.74, 6) is -0.255. The van der Waals surface area contributed by atoms with E-state index in [0.29, 0.717) is 12.1 Å². The Balaban J connectivity index is 2.27. The second-order valence-corrected chi connectivity index (χ2v) is 31.7. The van der Waals surface area contributed by atoms with Gasteiger partial charge < -0.3 is 28.3 Å². The molecule has 3 rings (SSSR count). The fraction of sp³-hybridized carbons (Fsp3) is 0.774. The van der Waals surface area contributed by atoms with Crippen LogP contribution in [0.2, 0.25) is 59.4 Å². The van der Waals surface area contributed by atoms with Gasteiger partial charge >= 0.3 is 0 Å². The number of rotatable bonds is 9. The summed E-state index contributed by atoms with van der Waals surface area (Å²) in [5.41, 5.74) is 0.0327. The van der Waals surface area contributed by atoms with Crippen LogP contribution < -0.4 is 10.9 Å². The number of amides is 1. The number of nitrogens with zero attached hydrogens (tertiary/aromatic N) is 2. The average Bonchev–Trinajstić information content (AvgIpc) is 3.41. The molecule has 1 aliphatic rings. The SMILES string of the molecule is CC(=O)Nc1[nH]c(=O)c2ncn([C@@H]3O[C@H](CO[Si](C)(C)C(C)(C)C)[C@@H](O[Si](C)(C)C(C)(C)C)[C@H]3O[Si](C)(C)C(C)(C)C)c2c1Cl. The summed E-state index contributed by atoms with van der Waals surface area (Å²) < 4.78 is 29.9. The van der Waals surface area contributed by atoms with Crippen molar-refractivity contribution in [2.45, 2.75) is 148 Å². The zero-order valence-electron chi connectivity index (χ0n) is 30.3. The third kappa shape index (κ3) is 7.88. The van der Waals surface area contributed by atoms with E-state index < -0.39 is 55.1 Å². The first-order chi connectivity index (χ1) is 20.1. The van der Waals surface area contributed by atoms with Crippen LogP contribution in [0.1, 0.15) is 75.5 Å². The van der Waals surface area contributed by atoms with Crippen LogP contribution in [0.3, 0.4) is 0 Å². The lowest BCUT2D eigenvalue weighted by atomic mass is 10.1. The van der Waals surface area contributed by atoms with E-state index in [0.717, 1.165) is 0 Å². The van der Waals surface area contributed by atoms with Gasteiger partial charge in [-0.1, -0.05) is 73.9 Å². The standard InChI is InChI=1S/C31H57ClN4O6Si3/c1-19(37)34-26-21(32)23-22(27(38)35-26)33-18-36(23)28-25(42-45(15,16)31(8,9)10)24(41-44(13,14)30(5,6)7)20(40-28)17-39-43(11,12)29(2,3)4/h18,20,24-25,28H,17H2,1-16H3,(H2,34,35,37,38)/t20-,24-,25-,28-/m1/s1. The highest BCUT2D eigenvalue weighted by Crippen LogP contribution is 2.47. The zero-order valence-corrected chi connectivity index (χ0v) is 34.1. The quantitative estimate of drug-likeness (QED) is 0.254. The van der Waals surface area contributed by atoms with Crippen molar-refractivity contribution in [1.29, 1.82) is 0 Å². The topological polar surface area (TPSA) is 117 Å². The molecule has 45 heavy (non-hydrogen) atoms. The van der Waals surface area contributed by atoms with Crippen LogP contribution in [0.15, 0.2) is 11.1 Å². The van der Waals surface area contributed by atoms with Crippen LogP contribution in [0.25, 0.3) is 11.0 Å². The van der Waals surface area contributed by atoms with E-state index in [1.807, 2.05) is 0 Å². The molecular weight excluding hydrogens is 644 g/mol. The molecule has 0 radical (unpaired) electrons. The Kier molecular flexibility index (Phi) is 10.7. The Morgan fingerprint density at radius 2 is 1.42 bits per heavy atom. The van der Waals surface area contributed by atoms with Gasteiger partial charge in [0.2, 0.25) is 5.91 Å². The van der Waals surface area contributed by atoms with E-state index in [4.69, 9.17) is 29.6 Å². The summed E-state index contributed by atoms with van der Waals surface area (Å²) in [4.78, 5) is 32.1. The van der Waals surface area contributed by atoms with Gasteiger partial charge in [-0.2, -0.15) is 0 Å². The van der Waals surface area contributed by atoms with Crippen molar-refractivity contribution in [3.63, 3.8) is 0 Å². The maximum Gasteiger partial charge on any atom is 0.277 e. The van der Waals surface area contributed by atoms with Crippen molar-refractivity contribution in [1.82, 2.24) is 14.5 Å². The summed E-state index contributed by atoms with van der Waals surface area (Å²) in [7, 11) is -6.89. The second-order valence-electron chi connectivity index (χ2n) is 17.0. The molecule has 0 spiro atoms. The number of hydrogen-bond acceptors (Lipinski definition) is 7. The second kappa shape index (κ2) is 12.6. The Morgan fingerprint density at radius 3 is 1.89 bits per heavy atom. The lowest BCUT2D eigenvalue weighted by Gasteiger charge is -2.44. The van der Waals surface area contributed by atoms with Crippen LogP contribution >= 0.6 is 11.6 Å². The molecule has 0 aliphatic carbocycles. The van der Waals surface area contributed by atoms with Crippen molar-refractivity contribution in [3.8, 4) is 0 Å². The van der Waals surface area contributed by atoms with Crippen molar-refractivity contribution < 1.29 is 22.8 Å². The molecule has 0 saturated carbocycles. The van der Waals surface area contributed by atoms with Gasteiger partial charge in [0.15, 0.2) is 36.7 Å². The van der Waals surface area contributed by atoms with Gasteiger partial charge in [0.05, 0.1) is 18.5 Å². The van der Waals surface area contributed by atoms with Crippen molar-refractivity contribution >= 4 is 59.3 Å². The third-order valence-electron chi connectivity index (χ3n) is 10.4. The first-order valence-electron chi connectivity index (χ1n) is 15.8. The van der Waals surface area contributed by atoms with Gasteiger partial charge in [-0.3, -0.25) is 14.2 Å². The van der Waals surface area contributed by atoms with Crippen molar-refractivity contribution in [3.05, 3.63) is 21.7 Å². The van der Waals surface area contributed by atoms with Gasteiger partial charge in [0.1, 0.15) is 29.2 Å². The van der Waals surface area contributed by atoms with Gasteiger partial charge in [-0.05, 0) is 54.4 Å². The van der Waals surface area contributed by atoms with Crippen LogP contribution in [0, 0.1) is 0 Å². The van der Waals surface area contributed by atoms with Crippen LogP contribution in [-0.4, -0.2) is 70.3 Å². The summed E-state index contributed by atoms with van der Waals surface area (Å²) in [6, 6.07) is 0. The number of aromatic amines is 1. The minimum atomic E-state index is -2.40. The first kappa shape index (κ1) is 38.1. The van der Waals surface area contributed by atoms with Crippen molar-refractivity contribution in [2.75, 3.05) is 11.9 Å². The molecule has 3 heterocycles. The predicted octanol–water partition coefficient (Wildman–Crippen LogP) is 8.04. The minimum Gasteiger partial charge on any atom is -0.414 e. The van der Waals surface area contributed by atoms with Crippen molar-refractivity contribution in [2.24, 2.45) is 0 Å². The van der Waals surface area contributed by atoms with Crippen LogP contribution in [0.4, 0.5) is 5.82 Å². The van der Waals surface area contributed by atoms with E-state index in [1.165, 1.54) is 6.92 Å². The Bertz CT molecular complexity index is 1450. The predicted molar refractivity (Wildman–Crippen MR) is 191 cm³/mol. The van der Waals surface area contributed by atoms with E-state index in [1.54, 1.807) is 10.9 Å². The molecule has 4 atom stereocenters. The number of carbonyl (C=O) groups excluding carboxylic acids is 1. The molecule has 0 unspecified atom stereocenters. The number of nitrogens with one attached hydrogen (secondary N) is 2. The lowest BCUT2D eigenvalue weighted by Crippen LogP contribution is -2.54. The largest absolute Gasteiger partial charge is 0.414 e. The molecule has 0 aromatic carbocycles.